The SMILES string of the molecule is CS(=O)(=O)N[C@@H](COCc1ccccc1)C(=O)N[C@H](C=O)Cc1ccccc1. The summed E-state index contributed by atoms with van der Waals surface area (Å²) in [4.78, 5) is 23.9. The molecule has 0 bridgehead atoms. The van der Waals surface area contributed by atoms with Crippen molar-refractivity contribution >= 4 is 22.2 Å². The first-order chi connectivity index (χ1) is 13.4. The van der Waals surface area contributed by atoms with Crippen molar-refractivity contribution in [3.8, 4) is 0 Å². The van der Waals surface area contributed by atoms with Gasteiger partial charge in [0.15, 0.2) is 0 Å². The smallest absolute Gasteiger partial charge is 0.241 e. The van der Waals surface area contributed by atoms with Gasteiger partial charge in [-0.1, -0.05) is 60.7 Å². The molecule has 0 aromatic heterocycles. The Hall–Kier alpha value is -2.55. The van der Waals surface area contributed by atoms with Crippen molar-refractivity contribution in [2.75, 3.05) is 12.9 Å². The van der Waals surface area contributed by atoms with Gasteiger partial charge in [-0.05, 0) is 17.5 Å². The lowest BCUT2D eigenvalue weighted by atomic mass is 10.1. The number of hydrogen-bond donors (Lipinski definition) is 2. The Morgan fingerprint density at radius 1 is 1.04 bits per heavy atom. The molecule has 2 aromatic rings. The van der Waals surface area contributed by atoms with Crippen LogP contribution in [0.15, 0.2) is 60.7 Å². The van der Waals surface area contributed by atoms with Crippen molar-refractivity contribution in [2.24, 2.45) is 0 Å². The van der Waals surface area contributed by atoms with Crippen LogP contribution in [0.4, 0.5) is 0 Å². The average molecular weight is 404 g/mol. The van der Waals surface area contributed by atoms with Gasteiger partial charge >= 0.3 is 0 Å². The first kappa shape index (κ1) is 21.7. The molecule has 8 heteroatoms. The summed E-state index contributed by atoms with van der Waals surface area (Å²) in [5.74, 6) is -0.619. The summed E-state index contributed by atoms with van der Waals surface area (Å²) in [5, 5.41) is 2.57. The summed E-state index contributed by atoms with van der Waals surface area (Å²) in [6.45, 7) is 0.0713. The molecule has 0 aliphatic carbocycles. The van der Waals surface area contributed by atoms with Crippen LogP contribution in [-0.2, 0) is 37.4 Å². The topological polar surface area (TPSA) is 102 Å². The van der Waals surface area contributed by atoms with Crippen molar-refractivity contribution < 1.29 is 22.7 Å². The largest absolute Gasteiger partial charge is 0.375 e. The molecule has 2 atom stereocenters. The molecule has 0 radical (unpaired) electrons. The van der Waals surface area contributed by atoms with E-state index in [-0.39, 0.29) is 13.2 Å². The minimum atomic E-state index is -3.64. The van der Waals surface area contributed by atoms with E-state index in [1.165, 1.54) is 0 Å². The Morgan fingerprint density at radius 2 is 1.61 bits per heavy atom. The molecule has 7 nitrogen and oxygen atoms in total. The first-order valence-corrected chi connectivity index (χ1v) is 10.6. The molecule has 0 unspecified atom stereocenters. The monoisotopic (exact) mass is 404 g/mol. The number of carbonyl (C=O) groups is 2. The Kier molecular flexibility index (Phi) is 8.31. The highest BCUT2D eigenvalue weighted by Gasteiger charge is 2.24. The van der Waals surface area contributed by atoms with E-state index in [4.69, 9.17) is 4.74 Å². The third-order valence-electron chi connectivity index (χ3n) is 3.86. The van der Waals surface area contributed by atoms with E-state index in [0.717, 1.165) is 17.4 Å². The number of benzene rings is 2. The minimum absolute atomic E-state index is 0.162. The molecular weight excluding hydrogens is 380 g/mol. The fourth-order valence-electron chi connectivity index (χ4n) is 2.58. The van der Waals surface area contributed by atoms with Gasteiger partial charge in [0.25, 0.3) is 0 Å². The molecule has 2 N–H and O–H groups in total. The summed E-state index contributed by atoms with van der Waals surface area (Å²) in [6.07, 6.45) is 1.91. The molecule has 1 amide bonds. The Labute approximate surface area is 165 Å². The van der Waals surface area contributed by atoms with Gasteiger partial charge in [-0.3, -0.25) is 4.79 Å². The fraction of sp³-hybridized carbons (Fsp3) is 0.300. The summed E-state index contributed by atoms with van der Waals surface area (Å²) in [5.41, 5.74) is 1.78. The van der Waals surface area contributed by atoms with Crippen molar-refractivity contribution in [3.63, 3.8) is 0 Å². The highest BCUT2D eigenvalue weighted by molar-refractivity contribution is 7.88. The van der Waals surface area contributed by atoms with E-state index in [0.29, 0.717) is 12.7 Å². The summed E-state index contributed by atoms with van der Waals surface area (Å²) < 4.78 is 31.0. The zero-order valence-corrected chi connectivity index (χ0v) is 16.4. The van der Waals surface area contributed by atoms with Gasteiger partial charge in [0.2, 0.25) is 15.9 Å². The number of carbonyl (C=O) groups excluding carboxylic acids is 2. The Morgan fingerprint density at radius 3 is 2.14 bits per heavy atom. The van der Waals surface area contributed by atoms with Crippen LogP contribution >= 0.6 is 0 Å². The molecule has 28 heavy (non-hydrogen) atoms. The zero-order valence-electron chi connectivity index (χ0n) is 15.6. The molecular formula is C20H24N2O5S. The van der Waals surface area contributed by atoms with E-state index in [1.807, 2.05) is 60.7 Å². The second-order valence-corrected chi connectivity index (χ2v) is 8.16. The lowest BCUT2D eigenvalue weighted by Gasteiger charge is -2.20. The van der Waals surface area contributed by atoms with Gasteiger partial charge in [0, 0.05) is 0 Å². The third-order valence-corrected chi connectivity index (χ3v) is 4.57. The molecule has 0 heterocycles. The van der Waals surface area contributed by atoms with Crippen LogP contribution in [0.3, 0.4) is 0 Å². The number of ether oxygens (including phenoxy) is 1. The number of nitrogens with one attached hydrogen (secondary N) is 2. The number of sulfonamides is 1. The summed E-state index contributed by atoms with van der Waals surface area (Å²) in [7, 11) is -3.64. The van der Waals surface area contributed by atoms with Gasteiger partial charge < -0.3 is 14.8 Å². The Balaban J connectivity index is 1.97. The zero-order chi connectivity index (χ0) is 20.4. The maximum Gasteiger partial charge on any atom is 0.241 e. The molecule has 0 saturated heterocycles. The molecule has 150 valence electrons. The average Bonchev–Trinajstić information content (AvgIpc) is 2.67. The van der Waals surface area contributed by atoms with Crippen LogP contribution in [0.5, 0.6) is 0 Å². The molecule has 0 aliphatic rings. The highest BCUT2D eigenvalue weighted by Crippen LogP contribution is 2.04. The van der Waals surface area contributed by atoms with E-state index in [9.17, 15) is 18.0 Å². The predicted molar refractivity (Wildman–Crippen MR) is 106 cm³/mol. The quantitative estimate of drug-likeness (QED) is 0.545. The fourth-order valence-corrected chi connectivity index (χ4v) is 3.27. The van der Waals surface area contributed by atoms with Crippen molar-refractivity contribution in [1.29, 1.82) is 0 Å². The summed E-state index contributed by atoms with van der Waals surface area (Å²) >= 11 is 0. The lowest BCUT2D eigenvalue weighted by Crippen LogP contribution is -2.52. The molecule has 2 aromatic carbocycles. The van der Waals surface area contributed by atoms with Crippen LogP contribution in [0, 0.1) is 0 Å². The van der Waals surface area contributed by atoms with Gasteiger partial charge in [0.1, 0.15) is 12.3 Å². The highest BCUT2D eigenvalue weighted by atomic mass is 32.2. The van der Waals surface area contributed by atoms with E-state index in [1.54, 1.807) is 0 Å². The maximum atomic E-state index is 12.5. The second kappa shape index (κ2) is 10.7. The van der Waals surface area contributed by atoms with Crippen LogP contribution < -0.4 is 10.0 Å². The van der Waals surface area contributed by atoms with Gasteiger partial charge in [-0.25, -0.2) is 13.1 Å². The van der Waals surface area contributed by atoms with Gasteiger partial charge in [-0.15, -0.1) is 0 Å². The van der Waals surface area contributed by atoms with Crippen LogP contribution in [-0.4, -0.2) is 45.6 Å². The van der Waals surface area contributed by atoms with Crippen molar-refractivity contribution in [2.45, 2.75) is 25.1 Å². The van der Waals surface area contributed by atoms with Crippen molar-refractivity contribution in [3.05, 3.63) is 71.8 Å². The Bertz CT molecular complexity index is 857. The molecule has 0 saturated carbocycles. The number of aldehydes is 1. The summed E-state index contributed by atoms with van der Waals surface area (Å²) in [6, 6.07) is 16.6. The van der Waals surface area contributed by atoms with E-state index in [2.05, 4.69) is 10.0 Å². The molecule has 0 aliphatic heterocycles. The van der Waals surface area contributed by atoms with Gasteiger partial charge in [0.05, 0.1) is 25.5 Å². The van der Waals surface area contributed by atoms with E-state index >= 15 is 0 Å². The standard InChI is InChI=1S/C20H24N2O5S/c1-28(25,26)22-19(15-27-14-17-10-6-3-7-11-17)20(24)21-18(13-23)12-16-8-4-2-5-9-16/h2-11,13,18-19,22H,12,14-15H2,1H3,(H,21,24)/t18-,19-/m0/s1. The first-order valence-electron chi connectivity index (χ1n) is 8.76. The van der Waals surface area contributed by atoms with E-state index < -0.39 is 28.0 Å². The van der Waals surface area contributed by atoms with Gasteiger partial charge in [-0.2, -0.15) is 0 Å². The molecule has 0 spiro atoms. The maximum absolute atomic E-state index is 12.5. The molecule has 2 rings (SSSR count). The second-order valence-electron chi connectivity index (χ2n) is 6.38. The number of rotatable bonds is 11. The normalized spacial score (nSPS) is 13.5. The number of hydrogen-bond acceptors (Lipinski definition) is 5. The van der Waals surface area contributed by atoms with Crippen LogP contribution in [0.25, 0.3) is 0 Å². The third kappa shape index (κ3) is 7.99. The van der Waals surface area contributed by atoms with Crippen LogP contribution in [0.1, 0.15) is 11.1 Å². The van der Waals surface area contributed by atoms with Crippen molar-refractivity contribution in [1.82, 2.24) is 10.0 Å². The lowest BCUT2D eigenvalue weighted by molar-refractivity contribution is -0.126. The van der Waals surface area contributed by atoms with Crippen LogP contribution in [0.2, 0.25) is 0 Å². The number of amides is 1. The predicted octanol–water partition coefficient (Wildman–Crippen LogP) is 1.05. The minimum Gasteiger partial charge on any atom is -0.375 e. The molecule has 0 fully saturated rings.